The minimum absolute atomic E-state index is 0. The van der Waals surface area contributed by atoms with Crippen molar-refractivity contribution in [1.29, 1.82) is 0 Å². The molecule has 1 aliphatic heterocycles. The summed E-state index contributed by atoms with van der Waals surface area (Å²) in [5, 5.41) is 12.3. The van der Waals surface area contributed by atoms with Gasteiger partial charge in [-0.05, 0) is 18.6 Å². The van der Waals surface area contributed by atoms with E-state index in [0.29, 0.717) is 32.6 Å². The number of fused-ring (bicyclic) bond motifs is 1. The van der Waals surface area contributed by atoms with Crippen LogP contribution in [0.5, 0.6) is 0 Å². The molecule has 0 bridgehead atoms. The maximum atomic E-state index is 12.0. The molecule has 1 atom stereocenters. The lowest BCUT2D eigenvalue weighted by atomic mass is 10.1. The molecule has 3 rings (SSSR count). The SMILES string of the molecule is Cl.O=C(O)N1CCN[C@H](CCn2c(=O)[nH]c3ccccc32)C1. The molecule has 3 N–H and O–H groups in total. The summed E-state index contributed by atoms with van der Waals surface area (Å²) in [6.45, 7) is 2.19. The first-order valence-corrected chi connectivity index (χ1v) is 7.04. The number of benzene rings is 1. The van der Waals surface area contributed by atoms with Crippen molar-refractivity contribution >= 4 is 29.5 Å². The molecule has 120 valence electrons. The van der Waals surface area contributed by atoms with Gasteiger partial charge in [0.1, 0.15) is 0 Å². The van der Waals surface area contributed by atoms with Crippen LogP contribution < -0.4 is 11.0 Å². The normalized spacial score (nSPS) is 18.2. The molecule has 0 aliphatic carbocycles. The molecule has 8 heteroatoms. The number of piperazine rings is 1. The summed E-state index contributed by atoms with van der Waals surface area (Å²) >= 11 is 0. The molecule has 1 aromatic carbocycles. The van der Waals surface area contributed by atoms with Crippen molar-refractivity contribution in [3.63, 3.8) is 0 Å². The van der Waals surface area contributed by atoms with E-state index < -0.39 is 6.09 Å². The van der Waals surface area contributed by atoms with Gasteiger partial charge < -0.3 is 20.3 Å². The number of aryl methyl sites for hydroxylation is 1. The predicted octanol–water partition coefficient (Wildman–Crippen LogP) is 1.09. The van der Waals surface area contributed by atoms with E-state index in [9.17, 15) is 9.59 Å². The summed E-state index contributed by atoms with van der Waals surface area (Å²) in [6, 6.07) is 7.65. The summed E-state index contributed by atoms with van der Waals surface area (Å²) < 4.78 is 1.71. The molecular weight excluding hydrogens is 308 g/mol. The van der Waals surface area contributed by atoms with Gasteiger partial charge in [0, 0.05) is 32.2 Å². The van der Waals surface area contributed by atoms with Crippen LogP contribution in [-0.2, 0) is 6.54 Å². The molecule has 2 aromatic rings. The van der Waals surface area contributed by atoms with Crippen molar-refractivity contribution in [2.45, 2.75) is 19.0 Å². The molecule has 0 unspecified atom stereocenters. The van der Waals surface area contributed by atoms with Crippen LogP contribution in [0.2, 0.25) is 0 Å². The van der Waals surface area contributed by atoms with E-state index in [0.717, 1.165) is 11.0 Å². The number of H-pyrrole nitrogens is 1. The minimum atomic E-state index is -0.884. The quantitative estimate of drug-likeness (QED) is 0.787. The van der Waals surface area contributed by atoms with Crippen molar-refractivity contribution in [1.82, 2.24) is 19.8 Å². The average Bonchev–Trinajstić information content (AvgIpc) is 2.81. The highest BCUT2D eigenvalue weighted by Gasteiger charge is 2.22. The zero-order valence-corrected chi connectivity index (χ0v) is 12.8. The van der Waals surface area contributed by atoms with Gasteiger partial charge in [-0.1, -0.05) is 12.1 Å². The van der Waals surface area contributed by atoms with Gasteiger partial charge in [-0.3, -0.25) is 4.57 Å². The second-order valence-electron chi connectivity index (χ2n) is 5.27. The standard InChI is InChI=1S/C14H18N4O3.ClH/c19-13-16-11-3-1-2-4-12(11)18(13)7-5-10-9-17(14(20)21)8-6-15-10;/h1-4,10,15H,5-9H2,(H,16,19)(H,20,21);1H/t10-;/m1./s1. The fraction of sp³-hybridized carbons (Fsp3) is 0.429. The van der Waals surface area contributed by atoms with Crippen molar-refractivity contribution in [3.05, 3.63) is 34.7 Å². The first-order chi connectivity index (χ1) is 10.1. The number of hydrogen-bond acceptors (Lipinski definition) is 3. The summed E-state index contributed by atoms with van der Waals surface area (Å²) in [7, 11) is 0. The largest absolute Gasteiger partial charge is 0.465 e. The van der Waals surface area contributed by atoms with E-state index in [1.807, 2.05) is 24.3 Å². The van der Waals surface area contributed by atoms with Gasteiger partial charge in [0.05, 0.1) is 11.0 Å². The molecule has 7 nitrogen and oxygen atoms in total. The van der Waals surface area contributed by atoms with Crippen LogP contribution in [-0.4, -0.2) is 51.3 Å². The van der Waals surface area contributed by atoms with Crippen LogP contribution in [0.3, 0.4) is 0 Å². The van der Waals surface area contributed by atoms with Crippen molar-refractivity contribution in [2.75, 3.05) is 19.6 Å². The fourth-order valence-corrected chi connectivity index (χ4v) is 2.81. The molecule has 2 heterocycles. The van der Waals surface area contributed by atoms with Crippen molar-refractivity contribution in [2.24, 2.45) is 0 Å². The highest BCUT2D eigenvalue weighted by Crippen LogP contribution is 2.11. The lowest BCUT2D eigenvalue weighted by molar-refractivity contribution is 0.127. The molecule has 1 fully saturated rings. The molecule has 22 heavy (non-hydrogen) atoms. The number of aromatic nitrogens is 2. The topological polar surface area (TPSA) is 90.4 Å². The Morgan fingerprint density at radius 1 is 1.36 bits per heavy atom. The lowest BCUT2D eigenvalue weighted by Crippen LogP contribution is -2.52. The third-order valence-electron chi connectivity index (χ3n) is 3.91. The van der Waals surface area contributed by atoms with E-state index in [1.54, 1.807) is 4.57 Å². The number of amides is 1. The molecule has 1 saturated heterocycles. The molecule has 0 radical (unpaired) electrons. The van der Waals surface area contributed by atoms with Gasteiger partial charge in [0.15, 0.2) is 0 Å². The van der Waals surface area contributed by atoms with E-state index in [-0.39, 0.29) is 24.1 Å². The maximum absolute atomic E-state index is 12.0. The summed E-state index contributed by atoms with van der Waals surface area (Å²) in [4.78, 5) is 27.2. The number of carboxylic acid groups (broad SMARTS) is 1. The predicted molar refractivity (Wildman–Crippen MR) is 85.8 cm³/mol. The minimum Gasteiger partial charge on any atom is -0.465 e. The first kappa shape index (κ1) is 16.4. The molecule has 0 spiro atoms. The number of halogens is 1. The fourth-order valence-electron chi connectivity index (χ4n) is 2.81. The highest BCUT2D eigenvalue weighted by atomic mass is 35.5. The van der Waals surface area contributed by atoms with Gasteiger partial charge in [-0.2, -0.15) is 0 Å². The van der Waals surface area contributed by atoms with E-state index in [4.69, 9.17) is 5.11 Å². The Kier molecular flexibility index (Phi) is 5.10. The Balaban J connectivity index is 0.00000176. The monoisotopic (exact) mass is 326 g/mol. The number of carbonyl (C=O) groups is 1. The summed E-state index contributed by atoms with van der Waals surface area (Å²) in [5.74, 6) is 0. The van der Waals surface area contributed by atoms with Crippen LogP contribution >= 0.6 is 12.4 Å². The van der Waals surface area contributed by atoms with Crippen LogP contribution in [0, 0.1) is 0 Å². The second-order valence-corrected chi connectivity index (χ2v) is 5.27. The van der Waals surface area contributed by atoms with Gasteiger partial charge in [0.25, 0.3) is 0 Å². The number of imidazole rings is 1. The number of aromatic amines is 1. The number of nitrogens with zero attached hydrogens (tertiary/aromatic N) is 2. The molecule has 0 saturated carbocycles. The molecule has 1 aromatic heterocycles. The average molecular weight is 327 g/mol. The highest BCUT2D eigenvalue weighted by molar-refractivity contribution is 5.85. The van der Waals surface area contributed by atoms with Crippen molar-refractivity contribution in [3.8, 4) is 0 Å². The van der Waals surface area contributed by atoms with E-state index in [2.05, 4.69) is 10.3 Å². The van der Waals surface area contributed by atoms with Crippen LogP contribution in [0.1, 0.15) is 6.42 Å². The zero-order chi connectivity index (χ0) is 14.8. The van der Waals surface area contributed by atoms with Crippen LogP contribution in [0.25, 0.3) is 11.0 Å². The van der Waals surface area contributed by atoms with Gasteiger partial charge >= 0.3 is 11.8 Å². The summed E-state index contributed by atoms with van der Waals surface area (Å²) in [5.41, 5.74) is 1.58. The van der Waals surface area contributed by atoms with Gasteiger partial charge in [0.2, 0.25) is 0 Å². The Hall–Kier alpha value is -1.99. The van der Waals surface area contributed by atoms with Gasteiger partial charge in [-0.15, -0.1) is 12.4 Å². The number of rotatable bonds is 3. The number of hydrogen-bond donors (Lipinski definition) is 3. The Bertz CT molecular complexity index is 711. The lowest BCUT2D eigenvalue weighted by Gasteiger charge is -2.31. The number of nitrogens with one attached hydrogen (secondary N) is 2. The third-order valence-corrected chi connectivity index (χ3v) is 3.91. The second kappa shape index (κ2) is 6.85. The summed E-state index contributed by atoms with van der Waals surface area (Å²) in [6.07, 6.45) is -0.170. The Morgan fingerprint density at radius 3 is 2.91 bits per heavy atom. The van der Waals surface area contributed by atoms with Gasteiger partial charge in [-0.25, -0.2) is 9.59 Å². The third kappa shape index (κ3) is 3.26. The Labute approximate surface area is 133 Å². The number of para-hydroxylation sites is 2. The molecular formula is C14H19ClN4O3. The van der Waals surface area contributed by atoms with Crippen molar-refractivity contribution < 1.29 is 9.90 Å². The molecule has 1 aliphatic rings. The smallest absolute Gasteiger partial charge is 0.407 e. The molecule has 1 amide bonds. The zero-order valence-electron chi connectivity index (χ0n) is 12.0. The van der Waals surface area contributed by atoms with Crippen LogP contribution in [0.4, 0.5) is 4.79 Å². The van der Waals surface area contributed by atoms with E-state index >= 15 is 0 Å². The maximum Gasteiger partial charge on any atom is 0.407 e. The van der Waals surface area contributed by atoms with Crippen LogP contribution in [0.15, 0.2) is 29.1 Å². The first-order valence-electron chi connectivity index (χ1n) is 7.04. The Morgan fingerprint density at radius 2 is 2.14 bits per heavy atom. The van der Waals surface area contributed by atoms with E-state index in [1.165, 1.54) is 4.90 Å².